The SMILES string of the molecule is C=C/C=C(\C=C/C)C(SC)c1ccccc1. The Morgan fingerprint density at radius 1 is 1.31 bits per heavy atom. The Kier molecular flexibility index (Phi) is 5.73. The normalized spacial score (nSPS) is 14.0. The van der Waals surface area contributed by atoms with Gasteiger partial charge in [-0.15, -0.1) is 0 Å². The lowest BCUT2D eigenvalue weighted by molar-refractivity contribution is 1.16. The van der Waals surface area contributed by atoms with Crippen LogP contribution in [0.5, 0.6) is 0 Å². The Morgan fingerprint density at radius 3 is 2.50 bits per heavy atom. The van der Waals surface area contributed by atoms with Crippen LogP contribution >= 0.6 is 11.8 Å². The summed E-state index contributed by atoms with van der Waals surface area (Å²) in [7, 11) is 0. The summed E-state index contributed by atoms with van der Waals surface area (Å²) < 4.78 is 0. The molecule has 0 aliphatic heterocycles. The molecule has 1 rings (SSSR count). The molecular weight excluding hydrogens is 212 g/mol. The van der Waals surface area contributed by atoms with Crippen LogP contribution in [0.25, 0.3) is 0 Å². The Labute approximate surface area is 103 Å². The minimum Gasteiger partial charge on any atom is -0.152 e. The van der Waals surface area contributed by atoms with Crippen molar-refractivity contribution in [1.29, 1.82) is 0 Å². The molecule has 84 valence electrons. The van der Waals surface area contributed by atoms with Crippen molar-refractivity contribution >= 4 is 11.8 Å². The van der Waals surface area contributed by atoms with Gasteiger partial charge in [0.15, 0.2) is 0 Å². The number of hydrogen-bond acceptors (Lipinski definition) is 1. The van der Waals surface area contributed by atoms with E-state index in [1.807, 2.05) is 30.8 Å². The van der Waals surface area contributed by atoms with Crippen molar-refractivity contribution in [2.45, 2.75) is 12.2 Å². The first-order valence-corrected chi connectivity index (χ1v) is 6.65. The number of thioether (sulfide) groups is 1. The quantitative estimate of drug-likeness (QED) is 0.656. The summed E-state index contributed by atoms with van der Waals surface area (Å²) >= 11 is 1.84. The van der Waals surface area contributed by atoms with Crippen molar-refractivity contribution < 1.29 is 0 Å². The van der Waals surface area contributed by atoms with Crippen LogP contribution < -0.4 is 0 Å². The van der Waals surface area contributed by atoms with Gasteiger partial charge in [-0.3, -0.25) is 0 Å². The molecule has 0 aliphatic carbocycles. The van der Waals surface area contributed by atoms with Gasteiger partial charge in [-0.2, -0.15) is 11.8 Å². The first kappa shape index (κ1) is 12.9. The molecule has 1 heteroatoms. The zero-order chi connectivity index (χ0) is 11.8. The van der Waals surface area contributed by atoms with E-state index in [9.17, 15) is 0 Å². The minimum absolute atomic E-state index is 0.385. The van der Waals surface area contributed by atoms with Gasteiger partial charge in [-0.05, 0) is 24.3 Å². The number of hydrogen-bond donors (Lipinski definition) is 0. The molecule has 0 saturated carbocycles. The van der Waals surface area contributed by atoms with Gasteiger partial charge in [-0.25, -0.2) is 0 Å². The summed E-state index contributed by atoms with van der Waals surface area (Å²) in [5, 5.41) is 0.385. The van der Waals surface area contributed by atoms with E-state index >= 15 is 0 Å². The molecule has 0 bridgehead atoms. The molecule has 0 radical (unpaired) electrons. The van der Waals surface area contributed by atoms with E-state index in [4.69, 9.17) is 0 Å². The molecule has 0 spiro atoms. The summed E-state index contributed by atoms with van der Waals surface area (Å²) in [4.78, 5) is 0. The molecule has 0 heterocycles. The van der Waals surface area contributed by atoms with Crippen molar-refractivity contribution in [3.8, 4) is 0 Å². The van der Waals surface area contributed by atoms with Crippen LogP contribution in [0, 0.1) is 0 Å². The van der Waals surface area contributed by atoms with E-state index in [0.717, 1.165) is 0 Å². The van der Waals surface area contributed by atoms with E-state index in [0.29, 0.717) is 5.25 Å². The first-order chi connectivity index (χ1) is 7.83. The molecule has 0 N–H and O–H groups in total. The van der Waals surface area contributed by atoms with Gasteiger partial charge < -0.3 is 0 Å². The zero-order valence-electron chi connectivity index (χ0n) is 9.89. The van der Waals surface area contributed by atoms with Crippen LogP contribution in [0.3, 0.4) is 0 Å². The van der Waals surface area contributed by atoms with Gasteiger partial charge in [0.05, 0.1) is 5.25 Å². The number of rotatable bonds is 5. The lowest BCUT2D eigenvalue weighted by Crippen LogP contribution is -1.95. The largest absolute Gasteiger partial charge is 0.152 e. The maximum Gasteiger partial charge on any atom is 0.0543 e. The predicted octanol–water partition coefficient (Wildman–Crippen LogP) is 4.78. The Morgan fingerprint density at radius 2 is 2.00 bits per heavy atom. The molecule has 1 aromatic carbocycles. The average molecular weight is 230 g/mol. The van der Waals surface area contributed by atoms with Crippen LogP contribution in [0.15, 0.2) is 66.8 Å². The van der Waals surface area contributed by atoms with Crippen molar-refractivity contribution in [2.24, 2.45) is 0 Å². The topological polar surface area (TPSA) is 0 Å². The van der Waals surface area contributed by atoms with Crippen LogP contribution in [0.1, 0.15) is 17.7 Å². The van der Waals surface area contributed by atoms with Crippen molar-refractivity contribution in [1.82, 2.24) is 0 Å². The summed E-state index contributed by atoms with van der Waals surface area (Å²) in [6.07, 6.45) is 10.3. The lowest BCUT2D eigenvalue weighted by Gasteiger charge is -2.16. The number of allylic oxidation sites excluding steroid dienone is 4. The van der Waals surface area contributed by atoms with Crippen LogP contribution in [0.2, 0.25) is 0 Å². The van der Waals surface area contributed by atoms with Crippen molar-refractivity contribution in [3.05, 3.63) is 72.4 Å². The van der Waals surface area contributed by atoms with Gasteiger partial charge in [0.1, 0.15) is 0 Å². The van der Waals surface area contributed by atoms with E-state index < -0.39 is 0 Å². The highest BCUT2D eigenvalue weighted by Crippen LogP contribution is 2.34. The molecule has 0 saturated heterocycles. The third kappa shape index (κ3) is 3.42. The standard InChI is InChI=1S/C15H18S/c1-4-9-13(10-5-2)15(16-3)14-11-7-6-8-12-14/h4-12,15H,1H2,2-3H3/b10-5-,13-9+. The predicted molar refractivity (Wildman–Crippen MR) is 75.8 cm³/mol. The third-order valence-corrected chi connectivity index (χ3v) is 3.33. The summed E-state index contributed by atoms with van der Waals surface area (Å²) in [6, 6.07) is 10.6. The van der Waals surface area contributed by atoms with Gasteiger partial charge in [-0.1, -0.05) is 61.2 Å². The molecule has 0 aromatic heterocycles. The van der Waals surface area contributed by atoms with Gasteiger partial charge in [0, 0.05) is 0 Å². The van der Waals surface area contributed by atoms with E-state index in [2.05, 4.69) is 55.3 Å². The zero-order valence-corrected chi connectivity index (χ0v) is 10.7. The third-order valence-electron chi connectivity index (χ3n) is 2.31. The molecule has 0 amide bonds. The van der Waals surface area contributed by atoms with Gasteiger partial charge >= 0.3 is 0 Å². The smallest absolute Gasteiger partial charge is 0.0543 e. The fourth-order valence-corrected chi connectivity index (χ4v) is 2.51. The highest BCUT2D eigenvalue weighted by Gasteiger charge is 2.12. The second kappa shape index (κ2) is 7.13. The highest BCUT2D eigenvalue weighted by molar-refractivity contribution is 7.99. The monoisotopic (exact) mass is 230 g/mol. The fraction of sp³-hybridized carbons (Fsp3) is 0.200. The van der Waals surface area contributed by atoms with Gasteiger partial charge in [0.2, 0.25) is 0 Å². The summed E-state index contributed by atoms with van der Waals surface area (Å²) in [5.41, 5.74) is 2.62. The molecule has 0 fully saturated rings. The highest BCUT2D eigenvalue weighted by atomic mass is 32.2. The molecule has 0 nitrogen and oxygen atoms in total. The Balaban J connectivity index is 3.05. The maximum absolute atomic E-state index is 3.77. The van der Waals surface area contributed by atoms with E-state index in [-0.39, 0.29) is 0 Å². The van der Waals surface area contributed by atoms with Crippen LogP contribution in [-0.4, -0.2) is 6.26 Å². The summed E-state index contributed by atoms with van der Waals surface area (Å²) in [6.45, 7) is 5.81. The van der Waals surface area contributed by atoms with E-state index in [1.54, 1.807) is 0 Å². The molecule has 0 aliphatic rings. The molecule has 1 atom stereocenters. The molecule has 16 heavy (non-hydrogen) atoms. The first-order valence-electron chi connectivity index (χ1n) is 5.36. The Bertz CT molecular complexity index is 374. The van der Waals surface area contributed by atoms with E-state index in [1.165, 1.54) is 11.1 Å². The molecular formula is C15H18S. The maximum atomic E-state index is 3.77. The fourth-order valence-electron chi connectivity index (χ4n) is 1.65. The number of benzene rings is 1. The lowest BCUT2D eigenvalue weighted by atomic mass is 10.0. The minimum atomic E-state index is 0.385. The second-order valence-electron chi connectivity index (χ2n) is 3.43. The average Bonchev–Trinajstić information content (AvgIpc) is 2.32. The van der Waals surface area contributed by atoms with Crippen LogP contribution in [0.4, 0.5) is 0 Å². The van der Waals surface area contributed by atoms with Gasteiger partial charge in [0.25, 0.3) is 0 Å². The molecule has 1 aromatic rings. The summed E-state index contributed by atoms with van der Waals surface area (Å²) in [5.74, 6) is 0. The second-order valence-corrected chi connectivity index (χ2v) is 4.37. The Hall–Kier alpha value is -1.21. The van der Waals surface area contributed by atoms with Crippen molar-refractivity contribution in [2.75, 3.05) is 6.26 Å². The van der Waals surface area contributed by atoms with Crippen LogP contribution in [-0.2, 0) is 0 Å². The molecule has 1 unspecified atom stereocenters. The van der Waals surface area contributed by atoms with Crippen molar-refractivity contribution in [3.63, 3.8) is 0 Å².